The Labute approximate surface area is 201 Å². The van der Waals surface area contributed by atoms with Crippen molar-refractivity contribution in [3.05, 3.63) is 35.5 Å². The van der Waals surface area contributed by atoms with E-state index in [1.165, 1.54) is 69.2 Å². The highest BCUT2D eigenvalue weighted by Crippen LogP contribution is 2.68. The quantitative estimate of drug-likeness (QED) is 0.582. The van der Waals surface area contributed by atoms with Crippen molar-refractivity contribution < 1.29 is 4.74 Å². The van der Waals surface area contributed by atoms with Gasteiger partial charge in [0.1, 0.15) is 0 Å². The summed E-state index contributed by atoms with van der Waals surface area (Å²) in [7, 11) is 2.29. The molecule has 2 N–H and O–H groups in total. The number of nitrogens with zero attached hydrogens (tertiary/aromatic N) is 1. The Morgan fingerprint density at radius 1 is 1.21 bits per heavy atom. The predicted octanol–water partition coefficient (Wildman–Crippen LogP) is 5.87. The van der Waals surface area contributed by atoms with E-state index in [2.05, 4.69) is 57.0 Å². The van der Waals surface area contributed by atoms with E-state index in [0.717, 1.165) is 36.5 Å². The smallest absolute Gasteiger partial charge is 0.0975 e. The largest absolute Gasteiger partial charge is 0.359 e. The van der Waals surface area contributed by atoms with Crippen LogP contribution in [0.25, 0.3) is 0 Å². The molecule has 9 atom stereocenters. The Kier molecular flexibility index (Phi) is 5.33. The van der Waals surface area contributed by atoms with E-state index in [1.54, 1.807) is 0 Å². The van der Waals surface area contributed by atoms with Gasteiger partial charge in [0.05, 0.1) is 11.2 Å². The molecular weight excluding hydrogens is 404 g/mol. The number of piperidine rings is 1. The molecular formula is C30H46N2O. The average Bonchev–Trinajstić information content (AvgIpc) is 3.28. The monoisotopic (exact) mass is 450 g/mol. The van der Waals surface area contributed by atoms with Crippen LogP contribution in [-0.4, -0.2) is 42.3 Å². The molecule has 0 aromatic rings. The molecule has 6 aliphatic rings. The van der Waals surface area contributed by atoms with Crippen molar-refractivity contribution in [1.82, 2.24) is 4.90 Å². The Morgan fingerprint density at radius 2 is 2.06 bits per heavy atom. The molecule has 2 bridgehead atoms. The maximum atomic E-state index is 7.26. The third-order valence-electron chi connectivity index (χ3n) is 11.4. The molecule has 3 heteroatoms. The van der Waals surface area contributed by atoms with Crippen LogP contribution in [0.3, 0.4) is 0 Å². The lowest BCUT2D eigenvalue weighted by Gasteiger charge is -2.54. The van der Waals surface area contributed by atoms with Crippen LogP contribution in [0, 0.1) is 35.0 Å². The van der Waals surface area contributed by atoms with Crippen LogP contribution in [-0.2, 0) is 4.74 Å². The van der Waals surface area contributed by atoms with Crippen molar-refractivity contribution in [2.45, 2.75) is 95.8 Å². The first-order chi connectivity index (χ1) is 15.8. The molecule has 0 amide bonds. The van der Waals surface area contributed by atoms with Gasteiger partial charge in [-0.25, -0.2) is 0 Å². The van der Waals surface area contributed by atoms with Crippen molar-refractivity contribution in [1.29, 1.82) is 0 Å². The van der Waals surface area contributed by atoms with Gasteiger partial charge in [-0.2, -0.15) is 0 Å². The Hall–Kier alpha value is -0.900. The second-order valence-electron chi connectivity index (χ2n) is 13.3. The second-order valence-corrected chi connectivity index (χ2v) is 13.3. The van der Waals surface area contributed by atoms with Crippen LogP contribution in [0.5, 0.6) is 0 Å². The molecule has 1 saturated carbocycles. The average molecular weight is 451 g/mol. The standard InChI is InChI=1S/C30H46N2O/c1-20(5-6-22-12-16-32(4)19-21(22)2)26-9-10-27-28(26,3)13-11-24-17-23-7-8-25(31)18-29(23)14-15-30(24,27)33-29/h7-8,11,17,20-22,25-27H,5-6,9-10,12-16,18-19,31H2,1-4H3/t20?,21?,22?,25-,26-,27-,28-,29-,30-/m1/s1. The molecule has 3 aliphatic heterocycles. The number of fused-ring (bicyclic) bond motifs is 1. The van der Waals surface area contributed by atoms with Crippen LogP contribution in [0.1, 0.15) is 78.6 Å². The van der Waals surface area contributed by atoms with E-state index in [0.29, 0.717) is 11.3 Å². The molecule has 33 heavy (non-hydrogen) atoms. The molecule has 2 spiro atoms. The molecule has 0 radical (unpaired) electrons. The van der Waals surface area contributed by atoms with Crippen LogP contribution < -0.4 is 5.73 Å². The molecule has 2 saturated heterocycles. The van der Waals surface area contributed by atoms with Crippen LogP contribution >= 0.6 is 0 Å². The summed E-state index contributed by atoms with van der Waals surface area (Å²) in [6.45, 7) is 10.3. The lowest BCUT2D eigenvalue weighted by atomic mass is 9.57. The van der Waals surface area contributed by atoms with Gasteiger partial charge >= 0.3 is 0 Å². The molecule has 6 rings (SSSR count). The summed E-state index contributed by atoms with van der Waals surface area (Å²) in [5.74, 6) is 4.08. The van der Waals surface area contributed by atoms with E-state index < -0.39 is 0 Å². The van der Waals surface area contributed by atoms with Gasteiger partial charge in [-0.1, -0.05) is 51.5 Å². The van der Waals surface area contributed by atoms with E-state index in [1.807, 2.05) is 0 Å². The fourth-order valence-corrected chi connectivity index (χ4v) is 9.58. The minimum atomic E-state index is -0.113. The number of hydrogen-bond donors (Lipinski definition) is 1. The van der Waals surface area contributed by atoms with Crippen molar-refractivity contribution in [2.24, 2.45) is 40.7 Å². The topological polar surface area (TPSA) is 38.5 Å². The third kappa shape index (κ3) is 3.32. The highest BCUT2D eigenvalue weighted by Gasteiger charge is 2.66. The second kappa shape index (κ2) is 7.80. The summed E-state index contributed by atoms with van der Waals surface area (Å²) < 4.78 is 7.26. The van der Waals surface area contributed by atoms with Crippen LogP contribution in [0.15, 0.2) is 35.5 Å². The number of ether oxygens (including phenoxy) is 1. The molecule has 3 unspecified atom stereocenters. The van der Waals surface area contributed by atoms with Crippen molar-refractivity contribution in [3.8, 4) is 0 Å². The lowest BCUT2D eigenvalue weighted by Crippen LogP contribution is -2.54. The first-order valence-corrected chi connectivity index (χ1v) is 14.0. The number of allylic oxidation sites excluding steroid dienone is 1. The zero-order valence-corrected chi connectivity index (χ0v) is 21.5. The third-order valence-corrected chi connectivity index (χ3v) is 11.4. The molecule has 3 aliphatic carbocycles. The zero-order chi connectivity index (χ0) is 23.0. The minimum Gasteiger partial charge on any atom is -0.359 e. The maximum Gasteiger partial charge on any atom is 0.0975 e. The maximum absolute atomic E-state index is 7.26. The van der Waals surface area contributed by atoms with Gasteiger partial charge in [-0.3, -0.25) is 0 Å². The minimum absolute atomic E-state index is 0.0433. The normalized spacial score (nSPS) is 49.7. The Bertz CT molecular complexity index is 890. The summed E-state index contributed by atoms with van der Waals surface area (Å²) in [6, 6.07) is 0.135. The van der Waals surface area contributed by atoms with Crippen molar-refractivity contribution in [3.63, 3.8) is 0 Å². The fourth-order valence-electron chi connectivity index (χ4n) is 9.58. The summed E-state index contributed by atoms with van der Waals surface area (Å²) in [5, 5.41) is 0. The number of nitrogens with two attached hydrogens (primary N) is 1. The Morgan fingerprint density at radius 3 is 2.88 bits per heavy atom. The SMILES string of the molecule is CC1CN(C)CCC1CCC(C)[C@H]1CC[C@@H]2[C@]1(C)CC=C1C=C3C=C[C@@H](N)C[C@]34CC[C@@]12O4. The predicted molar refractivity (Wildman–Crippen MR) is 136 cm³/mol. The molecule has 3 nitrogen and oxygen atoms in total. The number of hydrogen-bond acceptors (Lipinski definition) is 3. The molecule has 3 heterocycles. The first kappa shape index (κ1) is 22.6. The molecule has 0 aromatic carbocycles. The lowest BCUT2D eigenvalue weighted by molar-refractivity contribution is -0.134. The van der Waals surface area contributed by atoms with E-state index >= 15 is 0 Å². The fraction of sp³-hybridized carbons (Fsp3) is 0.800. The molecule has 3 fully saturated rings. The molecule has 182 valence electrons. The summed E-state index contributed by atoms with van der Waals surface area (Å²) >= 11 is 0. The van der Waals surface area contributed by atoms with Gasteiger partial charge in [0.2, 0.25) is 0 Å². The summed E-state index contributed by atoms with van der Waals surface area (Å²) in [4.78, 5) is 2.52. The first-order valence-electron chi connectivity index (χ1n) is 14.0. The Balaban J connectivity index is 1.21. The van der Waals surface area contributed by atoms with E-state index in [4.69, 9.17) is 10.5 Å². The van der Waals surface area contributed by atoms with E-state index in [9.17, 15) is 0 Å². The number of likely N-dealkylation sites (tertiary alicyclic amines) is 1. The van der Waals surface area contributed by atoms with Gasteiger partial charge < -0.3 is 15.4 Å². The highest BCUT2D eigenvalue weighted by atomic mass is 16.5. The highest BCUT2D eigenvalue weighted by molar-refractivity contribution is 5.51. The molecule has 0 aromatic heterocycles. The van der Waals surface area contributed by atoms with Gasteiger partial charge in [0.25, 0.3) is 0 Å². The van der Waals surface area contributed by atoms with Crippen LogP contribution in [0.2, 0.25) is 0 Å². The van der Waals surface area contributed by atoms with Gasteiger partial charge in [-0.15, -0.1) is 0 Å². The van der Waals surface area contributed by atoms with Crippen molar-refractivity contribution in [2.75, 3.05) is 20.1 Å². The van der Waals surface area contributed by atoms with E-state index in [-0.39, 0.29) is 17.2 Å². The van der Waals surface area contributed by atoms with Crippen molar-refractivity contribution >= 4 is 0 Å². The van der Waals surface area contributed by atoms with Gasteiger partial charge in [0, 0.05) is 12.6 Å². The summed E-state index contributed by atoms with van der Waals surface area (Å²) in [5.41, 5.74) is 9.50. The van der Waals surface area contributed by atoms with Crippen LogP contribution in [0.4, 0.5) is 0 Å². The summed E-state index contributed by atoms with van der Waals surface area (Å²) in [6.07, 6.45) is 21.0. The zero-order valence-electron chi connectivity index (χ0n) is 21.5. The van der Waals surface area contributed by atoms with Gasteiger partial charge in [-0.05, 0) is 111 Å². The van der Waals surface area contributed by atoms with Gasteiger partial charge in [0.15, 0.2) is 0 Å². The number of rotatable bonds is 4.